The Balaban J connectivity index is 2.43. The average Bonchev–Trinajstić information content (AvgIpc) is 2.23. The lowest BCUT2D eigenvalue weighted by Gasteiger charge is -2.43. The first-order chi connectivity index (χ1) is 7.47. The molecule has 3 N–H and O–H groups in total. The molecule has 1 aliphatic heterocycles. The average molecular weight is 251 g/mol. The number of nitrogens with one attached hydrogen (secondary N) is 1. The number of hydroxylamine groups is 6. The highest BCUT2D eigenvalue weighted by molar-refractivity contribution is 7.80. The van der Waals surface area contributed by atoms with Crippen LogP contribution in [0.5, 0.6) is 0 Å². The van der Waals surface area contributed by atoms with Crippen LogP contribution in [0.15, 0.2) is 0 Å². The van der Waals surface area contributed by atoms with Crippen molar-refractivity contribution in [2.75, 3.05) is 31.9 Å². The molecular weight excluding hydrogens is 234 g/mol. The predicted octanol–water partition coefficient (Wildman–Crippen LogP) is -2.20. The predicted molar refractivity (Wildman–Crippen MR) is 60.0 cm³/mol. The highest BCUT2D eigenvalue weighted by Gasteiger charge is 2.31. The number of piperazine rings is 1. The van der Waals surface area contributed by atoms with Crippen molar-refractivity contribution in [3.05, 3.63) is 10.4 Å². The lowest BCUT2D eigenvalue weighted by atomic mass is 10.2. The molecule has 0 spiro atoms. The number of hydrogen-bond acceptors (Lipinski definition) is 6. The van der Waals surface area contributed by atoms with Crippen molar-refractivity contribution in [3.63, 3.8) is 0 Å². The van der Waals surface area contributed by atoms with Crippen LogP contribution in [0.2, 0.25) is 0 Å². The zero-order chi connectivity index (χ0) is 12.2. The quantitative estimate of drug-likeness (QED) is 0.299. The van der Waals surface area contributed by atoms with Crippen molar-refractivity contribution in [1.29, 1.82) is 0 Å². The fourth-order valence-electron chi connectivity index (χ4n) is 1.41. The van der Waals surface area contributed by atoms with Crippen LogP contribution in [0.1, 0.15) is 6.42 Å². The Kier molecular flexibility index (Phi) is 4.96. The highest BCUT2D eigenvalue weighted by atomic mass is 32.1. The van der Waals surface area contributed by atoms with Gasteiger partial charge in [-0.05, 0) is 12.2 Å². The topological polar surface area (TPSA) is 103 Å². The third-order valence-electron chi connectivity index (χ3n) is 2.46. The fraction of sp³-hybridized carbons (Fsp3) is 0.875. The second-order valence-electron chi connectivity index (χ2n) is 3.83. The maximum Gasteiger partial charge on any atom is 0.383 e. The van der Waals surface area contributed by atoms with E-state index in [-0.39, 0.29) is 31.2 Å². The zero-order valence-electron chi connectivity index (χ0n) is 8.92. The first kappa shape index (κ1) is 13.7. The Morgan fingerprint density at radius 1 is 1.56 bits per heavy atom. The van der Waals surface area contributed by atoms with Crippen molar-refractivity contribution in [2.24, 2.45) is 5.73 Å². The summed E-state index contributed by atoms with van der Waals surface area (Å²) in [5, 5.41) is 22.8. The molecule has 1 saturated heterocycles. The van der Waals surface area contributed by atoms with Gasteiger partial charge in [0.1, 0.15) is 19.1 Å². The minimum absolute atomic E-state index is 0.0157. The summed E-state index contributed by atoms with van der Waals surface area (Å²) in [6.07, 6.45) is 0.362. The maximum absolute atomic E-state index is 11.9. The molecule has 0 aromatic rings. The number of hydrogen-bond donors (Lipinski definition) is 3. The van der Waals surface area contributed by atoms with Crippen LogP contribution < -0.4 is 10.8 Å². The van der Waals surface area contributed by atoms with Crippen molar-refractivity contribution < 1.29 is 19.5 Å². The van der Waals surface area contributed by atoms with Crippen LogP contribution in [-0.2, 0) is 9.63 Å². The number of quaternary nitrogens is 2. The maximum atomic E-state index is 11.9. The van der Waals surface area contributed by atoms with E-state index in [1.807, 2.05) is 0 Å². The van der Waals surface area contributed by atoms with Crippen molar-refractivity contribution >= 4 is 18.6 Å². The van der Waals surface area contributed by atoms with Gasteiger partial charge in [0.2, 0.25) is 0 Å². The number of nitrogens with two attached hydrogens (primary N) is 1. The Labute approximate surface area is 99.2 Å². The molecule has 0 radical (unpaired) electrons. The van der Waals surface area contributed by atoms with E-state index in [1.54, 1.807) is 0 Å². The Hall–Kier alpha value is -0.380. The molecule has 0 aromatic carbocycles. The molecule has 8 heteroatoms. The van der Waals surface area contributed by atoms with Crippen LogP contribution in [0.3, 0.4) is 0 Å². The van der Waals surface area contributed by atoms with E-state index in [2.05, 4.69) is 12.6 Å². The van der Waals surface area contributed by atoms with Gasteiger partial charge in [-0.2, -0.15) is 17.4 Å². The van der Waals surface area contributed by atoms with E-state index >= 15 is 0 Å². The largest absolute Gasteiger partial charge is 0.634 e. The van der Waals surface area contributed by atoms with Crippen molar-refractivity contribution in [2.45, 2.75) is 12.5 Å². The normalized spacial score (nSPS) is 32.1. The summed E-state index contributed by atoms with van der Waals surface area (Å²) in [5.41, 5.74) is 5.49. The van der Waals surface area contributed by atoms with Gasteiger partial charge in [-0.25, -0.2) is 4.79 Å². The second kappa shape index (κ2) is 5.80. The first-order valence-corrected chi connectivity index (χ1v) is 5.80. The number of nitrogens with zero attached hydrogens (tertiary/aromatic N) is 1. The smallest absolute Gasteiger partial charge is 0.383 e. The fourth-order valence-corrected chi connectivity index (χ4v) is 1.68. The minimum Gasteiger partial charge on any atom is -0.634 e. The van der Waals surface area contributed by atoms with E-state index in [0.29, 0.717) is 12.2 Å². The van der Waals surface area contributed by atoms with Gasteiger partial charge in [0.05, 0.1) is 0 Å². The monoisotopic (exact) mass is 251 g/mol. The summed E-state index contributed by atoms with van der Waals surface area (Å²) in [6, 6.07) is -0.820. The van der Waals surface area contributed by atoms with Gasteiger partial charge in [-0.15, -0.1) is 0 Å². The SMILES string of the molecule is N[C@H](CCS)C(=O)O[N+]1([O-])CC[NH+]([O-])CC1. The lowest BCUT2D eigenvalue weighted by Crippen LogP contribution is -3.11. The molecule has 1 aliphatic rings. The molecule has 1 atom stereocenters. The summed E-state index contributed by atoms with van der Waals surface area (Å²) in [7, 11) is 0. The van der Waals surface area contributed by atoms with E-state index in [4.69, 9.17) is 10.6 Å². The standard InChI is InChI=1S/C8H17N3O4S/c9-7(1-6-16)8(12)15-11(14)4-2-10(13)3-5-11/h7,10,16H,1-6,9H2/t7-/m1/s1. The summed E-state index contributed by atoms with van der Waals surface area (Å²) in [5.74, 6) is -0.272. The molecule has 7 nitrogen and oxygen atoms in total. The number of carbonyl (C=O) groups excluding carboxylic acids is 1. The summed E-state index contributed by atoms with van der Waals surface area (Å²) >= 11 is 3.94. The van der Waals surface area contributed by atoms with Crippen LogP contribution in [0.25, 0.3) is 0 Å². The molecule has 1 rings (SSSR count). The first-order valence-electron chi connectivity index (χ1n) is 5.16. The Bertz CT molecular complexity index is 245. The summed E-state index contributed by atoms with van der Waals surface area (Å²) < 4.78 is 0. The van der Waals surface area contributed by atoms with Crippen LogP contribution in [0, 0.1) is 10.4 Å². The van der Waals surface area contributed by atoms with Crippen LogP contribution in [0.4, 0.5) is 0 Å². The van der Waals surface area contributed by atoms with Gasteiger partial charge < -0.3 is 21.2 Å². The molecule has 94 valence electrons. The van der Waals surface area contributed by atoms with Gasteiger partial charge in [0.15, 0.2) is 13.1 Å². The molecule has 1 heterocycles. The van der Waals surface area contributed by atoms with Gasteiger partial charge in [0, 0.05) is 0 Å². The van der Waals surface area contributed by atoms with Gasteiger partial charge >= 0.3 is 5.97 Å². The van der Waals surface area contributed by atoms with Gasteiger partial charge in [0.25, 0.3) is 0 Å². The summed E-state index contributed by atoms with van der Waals surface area (Å²) in [4.78, 5) is 15.1. The Morgan fingerprint density at radius 3 is 2.62 bits per heavy atom. The van der Waals surface area contributed by atoms with Crippen LogP contribution >= 0.6 is 12.6 Å². The molecule has 0 unspecified atom stereocenters. The van der Waals surface area contributed by atoms with E-state index in [1.165, 1.54) is 0 Å². The van der Waals surface area contributed by atoms with E-state index in [0.717, 1.165) is 0 Å². The number of rotatable bonds is 4. The van der Waals surface area contributed by atoms with Crippen LogP contribution in [-0.4, -0.2) is 48.8 Å². The third-order valence-corrected chi connectivity index (χ3v) is 2.72. The van der Waals surface area contributed by atoms with Crippen molar-refractivity contribution in [1.82, 2.24) is 0 Å². The third kappa shape index (κ3) is 3.89. The molecule has 0 bridgehead atoms. The number of thiol groups is 1. The molecule has 1 fully saturated rings. The molecular formula is C8H17N3O4S. The molecule has 0 aliphatic carbocycles. The minimum atomic E-state index is -1.09. The van der Waals surface area contributed by atoms with E-state index in [9.17, 15) is 15.2 Å². The Morgan fingerprint density at radius 2 is 2.12 bits per heavy atom. The van der Waals surface area contributed by atoms with Gasteiger partial charge in [-0.3, -0.25) is 4.84 Å². The molecule has 0 saturated carbocycles. The summed E-state index contributed by atoms with van der Waals surface area (Å²) in [6.45, 7) is 0.271. The zero-order valence-corrected chi connectivity index (χ0v) is 9.82. The molecule has 0 amide bonds. The van der Waals surface area contributed by atoms with E-state index < -0.39 is 16.8 Å². The molecule has 16 heavy (non-hydrogen) atoms. The highest BCUT2D eigenvalue weighted by Crippen LogP contribution is 2.08. The lowest BCUT2D eigenvalue weighted by molar-refractivity contribution is -1.09. The number of carbonyl (C=O) groups is 1. The van der Waals surface area contributed by atoms with Crippen molar-refractivity contribution in [3.8, 4) is 0 Å². The second-order valence-corrected chi connectivity index (χ2v) is 4.28. The van der Waals surface area contributed by atoms with Gasteiger partial charge in [-0.1, -0.05) is 0 Å². The molecule has 0 aromatic heterocycles.